The van der Waals surface area contributed by atoms with Gasteiger partial charge >= 0.3 is 0 Å². The third kappa shape index (κ3) is 3.86. The number of carbonyl (C=O) groups is 1. The summed E-state index contributed by atoms with van der Waals surface area (Å²) in [6.45, 7) is 1.70. The molecule has 0 radical (unpaired) electrons. The van der Waals surface area contributed by atoms with Gasteiger partial charge in [0, 0.05) is 13.0 Å². The summed E-state index contributed by atoms with van der Waals surface area (Å²) in [5.41, 5.74) is 1.05. The predicted molar refractivity (Wildman–Crippen MR) is 85.7 cm³/mol. The van der Waals surface area contributed by atoms with Crippen LogP contribution in [0.3, 0.4) is 0 Å². The van der Waals surface area contributed by atoms with E-state index in [0.717, 1.165) is 12.0 Å². The van der Waals surface area contributed by atoms with Gasteiger partial charge in [-0.05, 0) is 42.9 Å². The zero-order valence-corrected chi connectivity index (χ0v) is 13.5. The average molecular weight is 324 g/mol. The molecule has 1 saturated carbocycles. The summed E-state index contributed by atoms with van der Waals surface area (Å²) in [5.74, 6) is 2.08. The van der Waals surface area contributed by atoms with Crippen molar-refractivity contribution in [3.8, 4) is 11.5 Å². The molecule has 0 saturated heterocycles. The molecule has 1 aromatic carbocycles. The van der Waals surface area contributed by atoms with Gasteiger partial charge in [-0.15, -0.1) is 0 Å². The summed E-state index contributed by atoms with van der Waals surface area (Å²) < 4.78 is 11.1. The van der Waals surface area contributed by atoms with Crippen LogP contribution in [0.25, 0.3) is 0 Å². The van der Waals surface area contributed by atoms with Crippen molar-refractivity contribution in [1.82, 2.24) is 5.32 Å². The number of hydrogen-bond acceptors (Lipinski definition) is 3. The molecule has 0 aromatic heterocycles. The van der Waals surface area contributed by atoms with Gasteiger partial charge in [-0.3, -0.25) is 4.79 Å². The molecule has 22 heavy (non-hydrogen) atoms. The summed E-state index contributed by atoms with van der Waals surface area (Å²) in [5, 5.41) is 3.58. The van der Waals surface area contributed by atoms with E-state index in [4.69, 9.17) is 21.1 Å². The summed E-state index contributed by atoms with van der Waals surface area (Å²) in [4.78, 5) is 11.9. The largest absolute Gasteiger partial charge is 0.486 e. The van der Waals surface area contributed by atoms with E-state index < -0.39 is 0 Å². The van der Waals surface area contributed by atoms with Gasteiger partial charge < -0.3 is 14.8 Å². The number of fused-ring (bicyclic) bond motifs is 1. The molecule has 1 heterocycles. The zero-order chi connectivity index (χ0) is 15.4. The van der Waals surface area contributed by atoms with E-state index in [2.05, 4.69) is 5.32 Å². The average Bonchev–Trinajstić information content (AvgIpc) is 3.00. The van der Waals surface area contributed by atoms with E-state index in [1.807, 2.05) is 12.1 Å². The molecule has 3 rings (SSSR count). The molecular weight excluding hydrogens is 302 g/mol. The molecule has 2 aliphatic rings. The number of carbonyl (C=O) groups excluding carboxylic acids is 1. The Bertz CT molecular complexity index is 541. The van der Waals surface area contributed by atoms with Crippen LogP contribution < -0.4 is 14.8 Å². The highest BCUT2D eigenvalue weighted by atomic mass is 35.5. The van der Waals surface area contributed by atoms with Crippen molar-refractivity contribution >= 4 is 17.5 Å². The van der Waals surface area contributed by atoms with E-state index in [0.29, 0.717) is 48.6 Å². The maximum atomic E-state index is 11.9. The Kier molecular flexibility index (Phi) is 5.08. The van der Waals surface area contributed by atoms with Crippen molar-refractivity contribution in [3.63, 3.8) is 0 Å². The molecule has 4 nitrogen and oxygen atoms in total. The molecule has 1 aliphatic heterocycles. The lowest BCUT2D eigenvalue weighted by molar-refractivity contribution is -0.121. The fourth-order valence-corrected chi connectivity index (χ4v) is 3.49. The molecular formula is C17H22ClNO3. The zero-order valence-electron chi connectivity index (χ0n) is 12.7. The van der Waals surface area contributed by atoms with E-state index in [9.17, 15) is 4.79 Å². The smallest absolute Gasteiger partial charge is 0.220 e. The lowest BCUT2D eigenvalue weighted by Gasteiger charge is -2.20. The molecule has 120 valence electrons. The van der Waals surface area contributed by atoms with E-state index >= 15 is 0 Å². The normalized spacial score (nSPS) is 17.5. The van der Waals surface area contributed by atoms with Crippen molar-refractivity contribution in [2.24, 2.45) is 5.92 Å². The number of benzene rings is 1. The molecule has 1 amide bonds. The third-order valence-corrected chi connectivity index (χ3v) is 4.62. The Morgan fingerprint density at radius 1 is 1.23 bits per heavy atom. The second-order valence-corrected chi connectivity index (χ2v) is 6.46. The SMILES string of the molecule is O=C(CC1CCCC1)NCCc1cc(Cl)c2c(c1)OCCO2. The molecule has 1 aromatic rings. The number of halogens is 1. The van der Waals surface area contributed by atoms with Crippen LogP contribution in [0.1, 0.15) is 37.7 Å². The molecule has 0 bridgehead atoms. The quantitative estimate of drug-likeness (QED) is 0.904. The summed E-state index contributed by atoms with van der Waals surface area (Å²) in [6, 6.07) is 3.84. The minimum Gasteiger partial charge on any atom is -0.486 e. The first-order chi connectivity index (χ1) is 10.7. The van der Waals surface area contributed by atoms with Crippen LogP contribution in [-0.4, -0.2) is 25.7 Å². The Balaban J connectivity index is 1.49. The van der Waals surface area contributed by atoms with Gasteiger partial charge in [-0.1, -0.05) is 24.4 Å². The Labute approximate surface area is 136 Å². The van der Waals surface area contributed by atoms with Crippen LogP contribution in [-0.2, 0) is 11.2 Å². The Hall–Kier alpha value is -1.42. The highest BCUT2D eigenvalue weighted by Crippen LogP contribution is 2.38. The maximum Gasteiger partial charge on any atom is 0.220 e. The molecule has 0 spiro atoms. The highest BCUT2D eigenvalue weighted by Gasteiger charge is 2.19. The van der Waals surface area contributed by atoms with Crippen LogP contribution in [0.5, 0.6) is 11.5 Å². The topological polar surface area (TPSA) is 47.6 Å². The summed E-state index contributed by atoms with van der Waals surface area (Å²) in [6.07, 6.45) is 6.35. The maximum absolute atomic E-state index is 11.9. The van der Waals surface area contributed by atoms with E-state index in [1.54, 1.807) is 0 Å². The van der Waals surface area contributed by atoms with Gasteiger partial charge in [-0.2, -0.15) is 0 Å². The van der Waals surface area contributed by atoms with Crippen LogP contribution in [0.4, 0.5) is 0 Å². The second kappa shape index (κ2) is 7.23. The number of amides is 1. The lowest BCUT2D eigenvalue weighted by Crippen LogP contribution is -2.27. The van der Waals surface area contributed by atoms with Gasteiger partial charge in [-0.25, -0.2) is 0 Å². The number of nitrogens with one attached hydrogen (secondary N) is 1. The second-order valence-electron chi connectivity index (χ2n) is 6.06. The van der Waals surface area contributed by atoms with Crippen molar-refractivity contribution in [3.05, 3.63) is 22.7 Å². The Morgan fingerprint density at radius 3 is 2.82 bits per heavy atom. The number of ether oxygens (including phenoxy) is 2. The number of rotatable bonds is 5. The van der Waals surface area contributed by atoms with Crippen molar-refractivity contribution in [2.75, 3.05) is 19.8 Å². The first-order valence-electron chi connectivity index (χ1n) is 8.07. The van der Waals surface area contributed by atoms with Crippen LogP contribution in [0, 0.1) is 5.92 Å². The highest BCUT2D eigenvalue weighted by molar-refractivity contribution is 6.32. The summed E-state index contributed by atoms with van der Waals surface area (Å²) >= 11 is 6.21. The van der Waals surface area contributed by atoms with Gasteiger partial charge in [0.1, 0.15) is 13.2 Å². The molecule has 5 heteroatoms. The fraction of sp³-hybridized carbons (Fsp3) is 0.588. The first-order valence-corrected chi connectivity index (χ1v) is 8.45. The van der Waals surface area contributed by atoms with E-state index in [-0.39, 0.29) is 5.91 Å². The van der Waals surface area contributed by atoms with Crippen molar-refractivity contribution < 1.29 is 14.3 Å². The van der Waals surface area contributed by atoms with Gasteiger partial charge in [0.15, 0.2) is 11.5 Å². The number of hydrogen-bond donors (Lipinski definition) is 1. The summed E-state index contributed by atoms with van der Waals surface area (Å²) in [7, 11) is 0. The standard InChI is InChI=1S/C17H22ClNO3/c18-14-9-13(10-15-17(14)22-8-7-21-15)5-6-19-16(20)11-12-3-1-2-4-12/h9-10,12H,1-8,11H2,(H,19,20). The predicted octanol–water partition coefficient (Wildman–Crippen LogP) is 3.35. The van der Waals surface area contributed by atoms with E-state index in [1.165, 1.54) is 25.7 Å². The Morgan fingerprint density at radius 2 is 2.00 bits per heavy atom. The molecule has 1 N–H and O–H groups in total. The third-order valence-electron chi connectivity index (χ3n) is 4.34. The monoisotopic (exact) mass is 323 g/mol. The molecule has 0 atom stereocenters. The lowest BCUT2D eigenvalue weighted by atomic mass is 10.0. The van der Waals surface area contributed by atoms with Crippen molar-refractivity contribution in [2.45, 2.75) is 38.5 Å². The molecule has 0 unspecified atom stereocenters. The minimum atomic E-state index is 0.163. The van der Waals surface area contributed by atoms with Gasteiger partial charge in [0.2, 0.25) is 5.91 Å². The van der Waals surface area contributed by atoms with Gasteiger partial charge in [0.25, 0.3) is 0 Å². The first kappa shape index (κ1) is 15.5. The van der Waals surface area contributed by atoms with Crippen LogP contribution >= 0.6 is 11.6 Å². The van der Waals surface area contributed by atoms with Crippen LogP contribution in [0.2, 0.25) is 5.02 Å². The van der Waals surface area contributed by atoms with Gasteiger partial charge in [0.05, 0.1) is 5.02 Å². The van der Waals surface area contributed by atoms with Crippen molar-refractivity contribution in [1.29, 1.82) is 0 Å². The van der Waals surface area contributed by atoms with Crippen LogP contribution in [0.15, 0.2) is 12.1 Å². The minimum absolute atomic E-state index is 0.163. The molecule has 1 aliphatic carbocycles. The molecule has 1 fully saturated rings. The fourth-order valence-electron chi connectivity index (χ4n) is 3.20.